The van der Waals surface area contributed by atoms with Crippen molar-refractivity contribution >= 4 is 46.2 Å². The van der Waals surface area contributed by atoms with Crippen LogP contribution in [0.3, 0.4) is 0 Å². The van der Waals surface area contributed by atoms with Gasteiger partial charge in [-0.15, -0.1) is 0 Å². The van der Waals surface area contributed by atoms with Gasteiger partial charge in [-0.05, 0) is 46.4 Å². The number of aromatic carboxylic acids is 1. The number of carboxylic acid groups (broad SMARTS) is 1. The van der Waals surface area contributed by atoms with Crippen LogP contribution >= 0.6 is 22.6 Å². The molecule has 3 N–H and O–H groups in total. The van der Waals surface area contributed by atoms with E-state index in [-0.39, 0.29) is 28.2 Å². The molecule has 0 aliphatic carbocycles. The Kier molecular flexibility index (Phi) is 7.03. The molecule has 1 aliphatic heterocycles. The fourth-order valence-corrected chi connectivity index (χ4v) is 4.34. The van der Waals surface area contributed by atoms with Crippen LogP contribution < -0.4 is 10.6 Å². The van der Waals surface area contributed by atoms with Gasteiger partial charge in [-0.2, -0.15) is 5.26 Å². The van der Waals surface area contributed by atoms with E-state index in [4.69, 9.17) is 15.2 Å². The summed E-state index contributed by atoms with van der Waals surface area (Å²) < 4.78 is 10.4. The summed E-state index contributed by atoms with van der Waals surface area (Å²) in [6.07, 6.45) is 0. The van der Waals surface area contributed by atoms with Gasteiger partial charge in [-0.3, -0.25) is 4.90 Å². The average Bonchev–Trinajstić information content (AvgIpc) is 2.82. The number of nitriles is 1. The summed E-state index contributed by atoms with van der Waals surface area (Å²) in [5.41, 5.74) is 6.94. The van der Waals surface area contributed by atoms with E-state index in [9.17, 15) is 24.8 Å². The highest BCUT2D eigenvalue weighted by Crippen LogP contribution is 2.44. The van der Waals surface area contributed by atoms with E-state index in [1.54, 1.807) is 30.3 Å². The van der Waals surface area contributed by atoms with Crippen molar-refractivity contribution in [3.63, 3.8) is 0 Å². The summed E-state index contributed by atoms with van der Waals surface area (Å²) in [6, 6.07) is 14.8. The predicted octanol–water partition coefficient (Wildman–Crippen LogP) is 2.89. The lowest BCUT2D eigenvalue weighted by molar-refractivity contribution is -0.139. The molecule has 2 aromatic carbocycles. The smallest absolute Gasteiger partial charge is 0.355 e. The Hall–Kier alpha value is -3.85. The second-order valence-electron chi connectivity index (χ2n) is 6.81. The molecule has 33 heavy (non-hydrogen) atoms. The molecule has 0 saturated carbocycles. The minimum Gasteiger partial charge on any atom is -0.478 e. The number of carbonyl (C=O) groups excluding carboxylic acids is 2. The zero-order valence-electron chi connectivity index (χ0n) is 17.5. The number of allylic oxidation sites excluding steroid dienone is 1. The first-order chi connectivity index (χ1) is 15.8. The van der Waals surface area contributed by atoms with E-state index in [0.29, 0.717) is 14.8 Å². The van der Waals surface area contributed by atoms with Crippen LogP contribution in [0.4, 0.5) is 5.69 Å². The number of rotatable bonds is 5. The molecule has 1 atom stereocenters. The fraction of sp³-hybridized carbons (Fsp3) is 0.130. The van der Waals surface area contributed by atoms with Gasteiger partial charge in [-0.1, -0.05) is 30.3 Å². The highest BCUT2D eigenvalue weighted by molar-refractivity contribution is 14.1. The van der Waals surface area contributed by atoms with Crippen LogP contribution in [0, 0.1) is 14.9 Å². The van der Waals surface area contributed by atoms with Crippen LogP contribution in [0.25, 0.3) is 0 Å². The number of esters is 2. The molecule has 0 bridgehead atoms. The number of benzene rings is 2. The highest BCUT2D eigenvalue weighted by Gasteiger charge is 2.43. The van der Waals surface area contributed by atoms with E-state index in [1.807, 2.05) is 22.6 Å². The number of nitrogens with zero attached hydrogens (tertiary/aromatic N) is 2. The second kappa shape index (κ2) is 9.74. The van der Waals surface area contributed by atoms with Crippen LogP contribution in [0.1, 0.15) is 21.8 Å². The Morgan fingerprint density at radius 2 is 1.73 bits per heavy atom. The van der Waals surface area contributed by atoms with Gasteiger partial charge < -0.3 is 20.3 Å². The number of carbonyl (C=O) groups is 3. The first-order valence-corrected chi connectivity index (χ1v) is 10.5. The number of ether oxygens (including phenoxy) is 2. The van der Waals surface area contributed by atoms with Crippen LogP contribution in [0.2, 0.25) is 0 Å². The summed E-state index contributed by atoms with van der Waals surface area (Å²) in [7, 11) is 2.31. The molecule has 0 radical (unpaired) electrons. The van der Waals surface area contributed by atoms with Crippen molar-refractivity contribution in [1.82, 2.24) is 0 Å². The lowest BCUT2D eigenvalue weighted by Crippen LogP contribution is -2.41. The minimum atomic E-state index is -1.14. The van der Waals surface area contributed by atoms with Crippen molar-refractivity contribution in [3.05, 3.63) is 85.9 Å². The Labute approximate surface area is 202 Å². The van der Waals surface area contributed by atoms with Crippen molar-refractivity contribution in [3.8, 4) is 6.07 Å². The lowest BCUT2D eigenvalue weighted by atomic mass is 9.81. The maximum atomic E-state index is 13.0. The number of hydrogen-bond donors (Lipinski definition) is 2. The molecule has 10 heteroatoms. The normalized spacial score (nSPS) is 15.7. The van der Waals surface area contributed by atoms with Crippen LogP contribution in [0.15, 0.2) is 71.2 Å². The molecule has 0 fully saturated rings. The predicted molar refractivity (Wildman–Crippen MR) is 126 cm³/mol. The van der Waals surface area contributed by atoms with Crippen molar-refractivity contribution < 1.29 is 29.0 Å². The van der Waals surface area contributed by atoms with Gasteiger partial charge in [0.25, 0.3) is 0 Å². The monoisotopic (exact) mass is 559 g/mol. The summed E-state index contributed by atoms with van der Waals surface area (Å²) in [5, 5.41) is 19.3. The third-order valence-electron chi connectivity index (χ3n) is 5.05. The minimum absolute atomic E-state index is 0.0159. The Morgan fingerprint density at radius 1 is 1.09 bits per heavy atom. The van der Waals surface area contributed by atoms with Crippen molar-refractivity contribution in [2.24, 2.45) is 5.73 Å². The summed E-state index contributed by atoms with van der Waals surface area (Å²) in [5.74, 6) is -3.94. The highest BCUT2D eigenvalue weighted by atomic mass is 127. The molecule has 0 aromatic heterocycles. The SMILES string of the molecule is COC(=O)C1=C(C(=O)OC)N(c2ccc(C(=O)O)cc2I)C(N)=C(C#N)C1c1ccccc1. The number of methoxy groups -OCH3 is 2. The van der Waals surface area contributed by atoms with Gasteiger partial charge >= 0.3 is 17.9 Å². The molecule has 1 unspecified atom stereocenters. The largest absolute Gasteiger partial charge is 0.478 e. The average molecular weight is 559 g/mol. The van der Waals surface area contributed by atoms with Crippen LogP contribution in [-0.2, 0) is 19.1 Å². The molecular formula is C23H18IN3O6. The van der Waals surface area contributed by atoms with Crippen LogP contribution in [-0.4, -0.2) is 37.2 Å². The molecule has 9 nitrogen and oxygen atoms in total. The molecule has 0 amide bonds. The Balaban J connectivity index is 2.41. The van der Waals surface area contributed by atoms with Crippen molar-refractivity contribution in [2.45, 2.75) is 5.92 Å². The quantitative estimate of drug-likeness (QED) is 0.418. The summed E-state index contributed by atoms with van der Waals surface area (Å²) in [6.45, 7) is 0. The van der Waals surface area contributed by atoms with Gasteiger partial charge in [0, 0.05) is 3.57 Å². The van der Waals surface area contributed by atoms with Crippen molar-refractivity contribution in [2.75, 3.05) is 19.1 Å². The number of anilines is 1. The maximum absolute atomic E-state index is 13.0. The van der Waals surface area contributed by atoms with Crippen LogP contribution in [0.5, 0.6) is 0 Å². The number of carboxylic acids is 1. The molecule has 0 saturated heterocycles. The summed E-state index contributed by atoms with van der Waals surface area (Å²) in [4.78, 5) is 38.6. The maximum Gasteiger partial charge on any atom is 0.355 e. The number of hydrogen-bond acceptors (Lipinski definition) is 8. The molecule has 1 aliphatic rings. The zero-order valence-corrected chi connectivity index (χ0v) is 19.7. The topological polar surface area (TPSA) is 143 Å². The zero-order chi connectivity index (χ0) is 24.3. The first kappa shape index (κ1) is 23.8. The number of nitrogens with two attached hydrogens (primary N) is 1. The van der Waals surface area contributed by atoms with E-state index in [2.05, 4.69) is 6.07 Å². The standard InChI is InChI=1S/C23H18IN3O6/c1-32-22(30)18-17(12-6-4-3-5-7-12)14(11-25)20(26)27(19(18)23(31)33-2)16-9-8-13(21(28)29)10-15(16)24/h3-10,17H,26H2,1-2H3,(H,28,29). The third kappa shape index (κ3) is 4.27. The van der Waals surface area contributed by atoms with E-state index < -0.39 is 23.8 Å². The van der Waals surface area contributed by atoms with Gasteiger partial charge in [0.15, 0.2) is 0 Å². The molecular weight excluding hydrogens is 541 g/mol. The molecule has 1 heterocycles. The van der Waals surface area contributed by atoms with E-state index >= 15 is 0 Å². The lowest BCUT2D eigenvalue weighted by Gasteiger charge is -2.36. The number of halogens is 1. The summed E-state index contributed by atoms with van der Waals surface area (Å²) >= 11 is 1.89. The van der Waals surface area contributed by atoms with Gasteiger partial charge in [0.05, 0.1) is 48.6 Å². The molecule has 2 aromatic rings. The van der Waals surface area contributed by atoms with Gasteiger partial charge in [0.1, 0.15) is 11.5 Å². The second-order valence-corrected chi connectivity index (χ2v) is 7.97. The van der Waals surface area contributed by atoms with E-state index in [0.717, 1.165) is 14.2 Å². The van der Waals surface area contributed by atoms with E-state index in [1.165, 1.54) is 23.1 Å². The Bertz CT molecular complexity index is 1250. The van der Waals surface area contributed by atoms with Gasteiger partial charge in [0.2, 0.25) is 0 Å². The van der Waals surface area contributed by atoms with Gasteiger partial charge in [-0.25, -0.2) is 14.4 Å². The third-order valence-corrected chi connectivity index (χ3v) is 5.91. The molecule has 3 rings (SSSR count). The van der Waals surface area contributed by atoms with Crippen molar-refractivity contribution in [1.29, 1.82) is 5.26 Å². The Morgan fingerprint density at radius 3 is 2.24 bits per heavy atom. The first-order valence-electron chi connectivity index (χ1n) is 9.45. The molecule has 168 valence electrons. The fourth-order valence-electron chi connectivity index (χ4n) is 3.58. The molecule has 0 spiro atoms.